The molecular formula is C14H22IN5S2. The SMILES string of the molecule is CN=C(NCCc1csc(C)n1)NCc1nc(C)c(C)s1.I. The fourth-order valence-electron chi connectivity index (χ4n) is 1.83. The molecule has 0 fully saturated rings. The summed E-state index contributed by atoms with van der Waals surface area (Å²) in [5.41, 5.74) is 2.24. The number of aliphatic imine (C=N–C) groups is 1. The van der Waals surface area contributed by atoms with E-state index >= 15 is 0 Å². The molecule has 0 amide bonds. The number of rotatable bonds is 5. The Morgan fingerprint density at radius 2 is 2.00 bits per heavy atom. The van der Waals surface area contributed by atoms with Gasteiger partial charge in [-0.15, -0.1) is 46.7 Å². The van der Waals surface area contributed by atoms with Crippen LogP contribution in [0.4, 0.5) is 0 Å². The number of nitrogens with one attached hydrogen (secondary N) is 2. The number of aromatic nitrogens is 2. The van der Waals surface area contributed by atoms with Crippen molar-refractivity contribution in [3.63, 3.8) is 0 Å². The van der Waals surface area contributed by atoms with Crippen LogP contribution in [-0.2, 0) is 13.0 Å². The molecule has 122 valence electrons. The molecule has 2 heterocycles. The van der Waals surface area contributed by atoms with Crippen molar-refractivity contribution in [3.8, 4) is 0 Å². The van der Waals surface area contributed by atoms with E-state index in [4.69, 9.17) is 0 Å². The second kappa shape index (κ2) is 9.41. The van der Waals surface area contributed by atoms with Gasteiger partial charge in [-0.05, 0) is 20.8 Å². The smallest absolute Gasteiger partial charge is 0.191 e. The molecule has 8 heteroatoms. The predicted octanol–water partition coefficient (Wildman–Crippen LogP) is 3.05. The molecule has 0 aliphatic rings. The summed E-state index contributed by atoms with van der Waals surface area (Å²) in [6.07, 6.45) is 0.903. The van der Waals surface area contributed by atoms with Gasteiger partial charge < -0.3 is 10.6 Å². The van der Waals surface area contributed by atoms with E-state index in [1.54, 1.807) is 29.7 Å². The predicted molar refractivity (Wildman–Crippen MR) is 106 cm³/mol. The molecule has 0 atom stereocenters. The first-order valence-corrected chi connectivity index (χ1v) is 8.56. The van der Waals surface area contributed by atoms with E-state index in [0.29, 0.717) is 6.54 Å². The molecule has 5 nitrogen and oxygen atoms in total. The van der Waals surface area contributed by atoms with Gasteiger partial charge in [0.1, 0.15) is 5.01 Å². The van der Waals surface area contributed by atoms with Gasteiger partial charge in [0.05, 0.1) is 22.9 Å². The third-order valence-corrected chi connectivity index (χ3v) is 4.94. The van der Waals surface area contributed by atoms with Gasteiger partial charge in [0, 0.05) is 30.3 Å². The van der Waals surface area contributed by atoms with E-state index in [1.165, 1.54) is 4.88 Å². The van der Waals surface area contributed by atoms with Gasteiger partial charge in [0.2, 0.25) is 0 Å². The monoisotopic (exact) mass is 451 g/mol. The highest BCUT2D eigenvalue weighted by Gasteiger charge is 2.05. The average Bonchev–Trinajstić information content (AvgIpc) is 3.00. The van der Waals surface area contributed by atoms with Crippen LogP contribution in [0, 0.1) is 20.8 Å². The van der Waals surface area contributed by atoms with Crippen molar-refractivity contribution in [1.82, 2.24) is 20.6 Å². The summed E-state index contributed by atoms with van der Waals surface area (Å²) in [5.74, 6) is 0.799. The van der Waals surface area contributed by atoms with E-state index in [2.05, 4.69) is 37.9 Å². The first kappa shape index (κ1) is 19.3. The van der Waals surface area contributed by atoms with E-state index in [9.17, 15) is 0 Å². The van der Waals surface area contributed by atoms with E-state index in [-0.39, 0.29) is 24.0 Å². The third-order valence-electron chi connectivity index (χ3n) is 3.04. The maximum Gasteiger partial charge on any atom is 0.191 e. The summed E-state index contributed by atoms with van der Waals surface area (Å²) in [7, 11) is 1.78. The molecule has 0 aromatic carbocycles. The first-order chi connectivity index (χ1) is 10.1. The molecule has 2 rings (SSSR count). The Hall–Kier alpha value is -0.740. The topological polar surface area (TPSA) is 62.2 Å². The molecule has 0 radical (unpaired) electrons. The van der Waals surface area contributed by atoms with Crippen LogP contribution < -0.4 is 10.6 Å². The average molecular weight is 451 g/mol. The lowest BCUT2D eigenvalue weighted by molar-refractivity contribution is 0.782. The standard InChI is InChI=1S/C14H21N5S2.HI/c1-9-10(2)21-13(18-9)7-17-14(15-4)16-6-5-12-8-20-11(3)19-12;/h8H,5-7H2,1-4H3,(H2,15,16,17);1H. The van der Waals surface area contributed by atoms with E-state index in [1.807, 2.05) is 13.8 Å². The largest absolute Gasteiger partial charge is 0.356 e. The van der Waals surface area contributed by atoms with Crippen LogP contribution in [0.5, 0.6) is 0 Å². The lowest BCUT2D eigenvalue weighted by atomic mass is 10.3. The molecular weight excluding hydrogens is 429 g/mol. The summed E-state index contributed by atoms with van der Waals surface area (Å²) in [5, 5.41) is 10.9. The number of hydrogen-bond donors (Lipinski definition) is 2. The van der Waals surface area contributed by atoms with Crippen LogP contribution in [0.2, 0.25) is 0 Å². The number of guanidine groups is 1. The zero-order valence-electron chi connectivity index (χ0n) is 13.3. The van der Waals surface area contributed by atoms with Gasteiger partial charge in [-0.1, -0.05) is 0 Å². The molecule has 2 N–H and O–H groups in total. The molecule has 0 saturated heterocycles. The molecule has 22 heavy (non-hydrogen) atoms. The van der Waals surface area contributed by atoms with Crippen molar-refractivity contribution in [2.75, 3.05) is 13.6 Å². The highest BCUT2D eigenvalue weighted by molar-refractivity contribution is 14.0. The van der Waals surface area contributed by atoms with Gasteiger partial charge in [-0.3, -0.25) is 4.99 Å². The first-order valence-electron chi connectivity index (χ1n) is 6.87. The van der Waals surface area contributed by atoms with Crippen LogP contribution in [0.3, 0.4) is 0 Å². The van der Waals surface area contributed by atoms with Gasteiger partial charge in [-0.25, -0.2) is 9.97 Å². The molecule has 0 unspecified atom stereocenters. The highest BCUT2D eigenvalue weighted by Crippen LogP contribution is 2.15. The van der Waals surface area contributed by atoms with Crippen LogP contribution in [0.1, 0.15) is 26.3 Å². The Morgan fingerprint density at radius 1 is 1.23 bits per heavy atom. The van der Waals surface area contributed by atoms with Crippen molar-refractivity contribution >= 4 is 52.6 Å². The lowest BCUT2D eigenvalue weighted by Gasteiger charge is -2.10. The van der Waals surface area contributed by atoms with Gasteiger partial charge in [0.15, 0.2) is 5.96 Å². The van der Waals surface area contributed by atoms with Crippen molar-refractivity contribution in [3.05, 3.63) is 31.7 Å². The molecule has 0 saturated carbocycles. The zero-order valence-corrected chi connectivity index (χ0v) is 17.2. The molecule has 0 spiro atoms. The van der Waals surface area contributed by atoms with Crippen molar-refractivity contribution < 1.29 is 0 Å². The van der Waals surface area contributed by atoms with Gasteiger partial charge in [-0.2, -0.15) is 0 Å². The maximum atomic E-state index is 4.51. The summed E-state index contributed by atoms with van der Waals surface area (Å²) in [6.45, 7) is 7.69. The highest BCUT2D eigenvalue weighted by atomic mass is 127. The summed E-state index contributed by atoms with van der Waals surface area (Å²) in [4.78, 5) is 14.5. The minimum Gasteiger partial charge on any atom is -0.356 e. The second-order valence-electron chi connectivity index (χ2n) is 4.71. The van der Waals surface area contributed by atoms with Gasteiger partial charge >= 0.3 is 0 Å². The Bertz CT molecular complexity index is 601. The third kappa shape index (κ3) is 5.81. The Balaban J connectivity index is 0.00000242. The van der Waals surface area contributed by atoms with Crippen LogP contribution in [-0.4, -0.2) is 29.5 Å². The van der Waals surface area contributed by atoms with Crippen molar-refractivity contribution in [2.45, 2.75) is 33.7 Å². The minimum atomic E-state index is 0. The summed E-state index contributed by atoms with van der Waals surface area (Å²) >= 11 is 3.41. The van der Waals surface area contributed by atoms with Gasteiger partial charge in [0.25, 0.3) is 0 Å². The van der Waals surface area contributed by atoms with Crippen molar-refractivity contribution in [2.24, 2.45) is 4.99 Å². The molecule has 2 aromatic rings. The molecule has 0 bridgehead atoms. The van der Waals surface area contributed by atoms with E-state index in [0.717, 1.165) is 40.3 Å². The number of aryl methyl sites for hydroxylation is 3. The lowest BCUT2D eigenvalue weighted by Crippen LogP contribution is -2.37. The fourth-order valence-corrected chi connectivity index (χ4v) is 3.35. The molecule has 0 aliphatic heterocycles. The van der Waals surface area contributed by atoms with Crippen LogP contribution in [0.15, 0.2) is 10.4 Å². The quantitative estimate of drug-likeness (QED) is 0.417. The fraction of sp³-hybridized carbons (Fsp3) is 0.500. The Labute approximate surface area is 156 Å². The number of nitrogens with zero attached hydrogens (tertiary/aromatic N) is 3. The molecule has 0 aliphatic carbocycles. The number of thiazole rings is 2. The second-order valence-corrected chi connectivity index (χ2v) is 7.06. The summed E-state index contributed by atoms with van der Waals surface area (Å²) in [6, 6.07) is 0. The van der Waals surface area contributed by atoms with Crippen LogP contribution in [0.25, 0.3) is 0 Å². The van der Waals surface area contributed by atoms with E-state index < -0.39 is 0 Å². The van der Waals surface area contributed by atoms with Crippen LogP contribution >= 0.6 is 46.7 Å². The summed E-state index contributed by atoms with van der Waals surface area (Å²) < 4.78 is 0. The number of hydrogen-bond acceptors (Lipinski definition) is 5. The minimum absolute atomic E-state index is 0. The number of halogens is 1. The zero-order chi connectivity index (χ0) is 15.2. The maximum absolute atomic E-state index is 4.51. The molecule has 2 aromatic heterocycles. The normalized spacial score (nSPS) is 11.2. The van der Waals surface area contributed by atoms with Crippen molar-refractivity contribution in [1.29, 1.82) is 0 Å². The Kier molecular flexibility index (Phi) is 8.26. The Morgan fingerprint density at radius 3 is 2.55 bits per heavy atom.